The largest absolute Gasteiger partial charge is 0.522 e. The van der Waals surface area contributed by atoms with E-state index in [1.54, 1.807) is 0 Å². The van der Waals surface area contributed by atoms with Gasteiger partial charge in [0.1, 0.15) is 12.6 Å². The summed E-state index contributed by atoms with van der Waals surface area (Å²) >= 11 is 0. The lowest BCUT2D eigenvalue weighted by Crippen LogP contribution is -2.58. The van der Waals surface area contributed by atoms with Gasteiger partial charge in [-0.05, 0) is 51.4 Å². The smallest absolute Gasteiger partial charge is 0.356 e. The number of alkyl halides is 5. The topological polar surface area (TPSA) is 134 Å². The standard InChI is InChI=1S/C23H31F5N4O6/c1-22(2,21(24)25)31-19(36)20(37)32-9-12-4-3-5-13(12)16(32)18(35)30-14(8-11-6-7-29-17(11)34)15(33)10-38-23(26,27)28/h11-14,16,21H,3-10H2,1-2H3,(H,29,34)(H,30,35)(H,31,36). The van der Waals surface area contributed by atoms with E-state index in [2.05, 4.69) is 15.4 Å². The van der Waals surface area contributed by atoms with Crippen LogP contribution in [-0.4, -0.2) is 84.4 Å². The number of carbonyl (C=O) groups is 5. The summed E-state index contributed by atoms with van der Waals surface area (Å²) in [5, 5.41) is 6.90. The minimum Gasteiger partial charge on any atom is -0.356 e. The van der Waals surface area contributed by atoms with Crippen LogP contribution in [0.4, 0.5) is 22.0 Å². The SMILES string of the molecule is CC(C)(NC(=O)C(=O)N1CC2CCCC2C1C(=O)NC(CC1CCNC1=O)C(=O)COC(F)(F)F)C(F)F. The maximum atomic E-state index is 13.4. The summed E-state index contributed by atoms with van der Waals surface area (Å²) in [6, 6.07) is -2.77. The molecule has 0 spiro atoms. The van der Waals surface area contributed by atoms with E-state index in [9.17, 15) is 45.9 Å². The molecular weight excluding hydrogens is 523 g/mol. The third-order valence-electron chi connectivity index (χ3n) is 7.36. The molecule has 3 aliphatic rings. The van der Waals surface area contributed by atoms with Gasteiger partial charge in [-0.3, -0.25) is 28.7 Å². The first-order chi connectivity index (χ1) is 17.6. The van der Waals surface area contributed by atoms with Crippen LogP contribution in [0, 0.1) is 17.8 Å². The molecule has 38 heavy (non-hydrogen) atoms. The lowest BCUT2D eigenvalue weighted by atomic mass is 9.92. The molecule has 0 aromatic carbocycles. The second-order valence-corrected chi connectivity index (χ2v) is 10.5. The number of halogens is 5. The number of ether oxygens (including phenoxy) is 1. The van der Waals surface area contributed by atoms with Gasteiger partial charge >= 0.3 is 18.2 Å². The summed E-state index contributed by atoms with van der Waals surface area (Å²) in [5.74, 6) is -6.24. The van der Waals surface area contributed by atoms with Gasteiger partial charge in [-0.2, -0.15) is 0 Å². The van der Waals surface area contributed by atoms with Crippen LogP contribution < -0.4 is 16.0 Å². The number of rotatable bonds is 9. The minimum absolute atomic E-state index is 0.00490. The highest BCUT2D eigenvalue weighted by Crippen LogP contribution is 2.42. The Hall–Kier alpha value is -2.84. The molecule has 10 nitrogen and oxygen atoms in total. The predicted octanol–water partition coefficient (Wildman–Crippen LogP) is 0.890. The van der Waals surface area contributed by atoms with Crippen LogP contribution in [0.25, 0.3) is 0 Å². The van der Waals surface area contributed by atoms with Gasteiger partial charge in [0.15, 0.2) is 5.78 Å². The van der Waals surface area contributed by atoms with Crippen molar-refractivity contribution in [1.82, 2.24) is 20.9 Å². The van der Waals surface area contributed by atoms with E-state index in [1.807, 2.05) is 5.32 Å². The number of hydrogen-bond donors (Lipinski definition) is 3. The first-order valence-electron chi connectivity index (χ1n) is 12.3. The van der Waals surface area contributed by atoms with E-state index < -0.39 is 78.3 Å². The van der Waals surface area contributed by atoms with Gasteiger partial charge in [-0.1, -0.05) is 6.42 Å². The third kappa shape index (κ3) is 6.97. The number of amides is 4. The number of ketones is 1. The van der Waals surface area contributed by atoms with Gasteiger partial charge in [0.2, 0.25) is 11.8 Å². The Bertz CT molecular complexity index is 959. The van der Waals surface area contributed by atoms with Gasteiger partial charge in [0.25, 0.3) is 6.43 Å². The molecule has 0 bridgehead atoms. The number of Topliss-reactive ketones (excluding diaryl/α,β-unsaturated/α-hetero) is 1. The molecule has 2 heterocycles. The number of fused-ring (bicyclic) bond motifs is 1. The van der Waals surface area contributed by atoms with Crippen LogP contribution >= 0.6 is 0 Å². The zero-order valence-corrected chi connectivity index (χ0v) is 20.9. The van der Waals surface area contributed by atoms with Gasteiger partial charge in [0, 0.05) is 19.0 Å². The fourth-order valence-corrected chi connectivity index (χ4v) is 5.32. The Morgan fingerprint density at radius 2 is 1.82 bits per heavy atom. The van der Waals surface area contributed by atoms with Crippen molar-refractivity contribution in [2.24, 2.45) is 17.8 Å². The highest BCUT2D eigenvalue weighted by Gasteiger charge is 2.51. The average molecular weight is 555 g/mol. The molecule has 2 saturated heterocycles. The van der Waals surface area contributed by atoms with Crippen LogP contribution in [0.3, 0.4) is 0 Å². The molecular formula is C23H31F5N4O6. The Balaban J connectivity index is 1.79. The first kappa shape index (κ1) is 29.7. The van der Waals surface area contributed by atoms with E-state index in [1.165, 1.54) is 0 Å². The number of nitrogens with zero attached hydrogens (tertiary/aromatic N) is 1. The zero-order valence-electron chi connectivity index (χ0n) is 20.9. The molecule has 1 aliphatic carbocycles. The second kappa shape index (κ2) is 11.5. The van der Waals surface area contributed by atoms with Crippen molar-refractivity contribution < 1.29 is 50.7 Å². The molecule has 3 fully saturated rings. The van der Waals surface area contributed by atoms with Crippen LogP contribution in [0.2, 0.25) is 0 Å². The van der Waals surface area contributed by atoms with E-state index >= 15 is 0 Å². The number of nitrogens with one attached hydrogen (secondary N) is 3. The quantitative estimate of drug-likeness (QED) is 0.286. The molecule has 0 aromatic heterocycles. The van der Waals surface area contributed by atoms with Crippen LogP contribution in [0.15, 0.2) is 0 Å². The Labute approximate surface area is 215 Å². The Kier molecular flexibility index (Phi) is 8.99. The number of carbonyl (C=O) groups excluding carboxylic acids is 5. The van der Waals surface area contributed by atoms with Crippen LogP contribution in [0.1, 0.15) is 46.0 Å². The molecule has 214 valence electrons. The predicted molar refractivity (Wildman–Crippen MR) is 119 cm³/mol. The van der Waals surface area contributed by atoms with Crippen LogP contribution in [-0.2, 0) is 28.7 Å². The molecule has 15 heteroatoms. The van der Waals surface area contributed by atoms with Crippen molar-refractivity contribution in [2.45, 2.75) is 76.4 Å². The molecule has 1 saturated carbocycles. The van der Waals surface area contributed by atoms with Crippen molar-refractivity contribution in [3.8, 4) is 0 Å². The Morgan fingerprint density at radius 1 is 1.13 bits per heavy atom. The fourth-order valence-electron chi connectivity index (χ4n) is 5.32. The number of likely N-dealkylation sites (tertiary alicyclic amines) is 1. The molecule has 5 atom stereocenters. The van der Waals surface area contributed by atoms with Crippen molar-refractivity contribution in [2.75, 3.05) is 19.7 Å². The fraction of sp³-hybridized carbons (Fsp3) is 0.783. The van der Waals surface area contributed by atoms with Crippen molar-refractivity contribution >= 4 is 29.4 Å². The van der Waals surface area contributed by atoms with E-state index in [4.69, 9.17) is 0 Å². The van der Waals surface area contributed by atoms with Crippen molar-refractivity contribution in [1.29, 1.82) is 0 Å². The summed E-state index contributed by atoms with van der Waals surface area (Å²) < 4.78 is 67.6. The van der Waals surface area contributed by atoms with Gasteiger partial charge in [-0.25, -0.2) is 8.78 Å². The molecule has 0 aromatic rings. The zero-order chi connectivity index (χ0) is 28.4. The van der Waals surface area contributed by atoms with E-state index in [0.29, 0.717) is 25.8 Å². The van der Waals surface area contributed by atoms with Crippen molar-refractivity contribution in [3.05, 3.63) is 0 Å². The van der Waals surface area contributed by atoms with Gasteiger partial charge < -0.3 is 20.9 Å². The van der Waals surface area contributed by atoms with Gasteiger partial charge in [0.05, 0.1) is 11.6 Å². The summed E-state index contributed by atoms with van der Waals surface area (Å²) in [4.78, 5) is 64.5. The maximum Gasteiger partial charge on any atom is 0.522 e. The van der Waals surface area contributed by atoms with Gasteiger partial charge in [-0.15, -0.1) is 13.2 Å². The highest BCUT2D eigenvalue weighted by atomic mass is 19.4. The summed E-state index contributed by atoms with van der Waals surface area (Å²) in [6.45, 7) is 0.975. The normalized spacial score (nSPS) is 26.2. The lowest BCUT2D eigenvalue weighted by Gasteiger charge is -2.30. The molecule has 3 N–H and O–H groups in total. The third-order valence-corrected chi connectivity index (χ3v) is 7.36. The van der Waals surface area contributed by atoms with E-state index in [0.717, 1.165) is 25.2 Å². The summed E-state index contributed by atoms with van der Waals surface area (Å²) in [5.41, 5.74) is -2.02. The average Bonchev–Trinajstić information content (AvgIpc) is 3.51. The molecule has 2 aliphatic heterocycles. The molecule has 3 rings (SSSR count). The molecule has 4 amide bonds. The summed E-state index contributed by atoms with van der Waals surface area (Å²) in [7, 11) is 0. The van der Waals surface area contributed by atoms with Crippen LogP contribution in [0.5, 0.6) is 0 Å². The monoisotopic (exact) mass is 554 g/mol. The number of hydrogen-bond acceptors (Lipinski definition) is 6. The minimum atomic E-state index is -5.10. The first-order valence-corrected chi connectivity index (χ1v) is 12.3. The highest BCUT2D eigenvalue weighted by molar-refractivity contribution is 6.35. The molecule has 5 unspecified atom stereocenters. The molecule has 0 radical (unpaired) electrons. The van der Waals surface area contributed by atoms with E-state index in [-0.39, 0.29) is 18.9 Å². The maximum absolute atomic E-state index is 13.4. The Morgan fingerprint density at radius 3 is 2.39 bits per heavy atom. The second-order valence-electron chi connectivity index (χ2n) is 10.5. The summed E-state index contributed by atoms with van der Waals surface area (Å²) in [6.07, 6.45) is -6.16. The lowest BCUT2D eigenvalue weighted by molar-refractivity contribution is -0.321. The van der Waals surface area contributed by atoms with Crippen molar-refractivity contribution in [3.63, 3.8) is 0 Å².